The molecule has 0 aromatic carbocycles. The molecule has 0 atom stereocenters. The molecule has 1 aromatic rings. The summed E-state index contributed by atoms with van der Waals surface area (Å²) in [5, 5.41) is 4.37. The largest absolute Gasteiger partial charge is 0.379 e. The maximum Gasteiger partial charge on any atom is 0.165 e. The van der Waals surface area contributed by atoms with Gasteiger partial charge in [-0.2, -0.15) is 0 Å². The average Bonchev–Trinajstić information content (AvgIpc) is 2.74. The van der Waals surface area contributed by atoms with Gasteiger partial charge in [-0.25, -0.2) is 4.98 Å². The first-order valence-corrected chi connectivity index (χ1v) is 6.72. The lowest BCUT2D eigenvalue weighted by Gasteiger charge is -2.07. The molecule has 16 heavy (non-hydrogen) atoms. The average molecular weight is 243 g/mol. The van der Waals surface area contributed by atoms with Crippen molar-refractivity contribution in [2.45, 2.75) is 31.5 Å². The van der Waals surface area contributed by atoms with Crippen molar-refractivity contribution in [2.75, 3.05) is 25.4 Å². The van der Waals surface area contributed by atoms with Gasteiger partial charge in [0.05, 0.1) is 6.10 Å². The molecule has 0 amide bonds. The molecule has 1 rings (SSSR count). The molecule has 0 aliphatic rings. The Hall–Kier alpha value is -0.520. The lowest BCUT2D eigenvalue weighted by Crippen LogP contribution is -2.20. The molecule has 0 aliphatic heterocycles. The SMILES string of the molecule is CC(C)OCCCNCCSc1ncc[nH]1. The summed E-state index contributed by atoms with van der Waals surface area (Å²) < 4.78 is 5.45. The van der Waals surface area contributed by atoms with E-state index in [9.17, 15) is 0 Å². The molecule has 1 heterocycles. The van der Waals surface area contributed by atoms with Crippen LogP contribution >= 0.6 is 11.8 Å². The smallest absolute Gasteiger partial charge is 0.165 e. The van der Waals surface area contributed by atoms with E-state index >= 15 is 0 Å². The number of hydrogen-bond acceptors (Lipinski definition) is 4. The summed E-state index contributed by atoms with van der Waals surface area (Å²) in [6, 6.07) is 0. The number of aromatic nitrogens is 2. The zero-order valence-corrected chi connectivity index (χ0v) is 10.8. The van der Waals surface area contributed by atoms with Gasteiger partial charge in [0.15, 0.2) is 5.16 Å². The Labute approximate surface area is 102 Å². The third kappa shape index (κ3) is 6.87. The number of nitrogens with one attached hydrogen (secondary N) is 2. The van der Waals surface area contributed by atoms with Crippen LogP contribution in [-0.4, -0.2) is 41.5 Å². The fourth-order valence-electron chi connectivity index (χ4n) is 1.19. The van der Waals surface area contributed by atoms with E-state index in [-0.39, 0.29) is 0 Å². The Morgan fingerprint density at radius 3 is 3.06 bits per heavy atom. The van der Waals surface area contributed by atoms with Crippen molar-refractivity contribution in [2.24, 2.45) is 0 Å². The number of H-pyrrole nitrogens is 1. The van der Waals surface area contributed by atoms with E-state index in [4.69, 9.17) is 4.74 Å². The third-order valence-electron chi connectivity index (χ3n) is 1.94. The minimum absolute atomic E-state index is 0.342. The predicted molar refractivity (Wildman–Crippen MR) is 67.9 cm³/mol. The van der Waals surface area contributed by atoms with Gasteiger partial charge in [0.25, 0.3) is 0 Å². The van der Waals surface area contributed by atoms with E-state index in [2.05, 4.69) is 29.1 Å². The quantitative estimate of drug-likeness (QED) is 0.514. The Balaban J connectivity index is 1.82. The van der Waals surface area contributed by atoms with Crippen LogP contribution in [0.5, 0.6) is 0 Å². The Kier molecular flexibility index (Phi) is 7.29. The number of nitrogens with zero attached hydrogens (tertiary/aromatic N) is 1. The second kappa shape index (κ2) is 8.61. The van der Waals surface area contributed by atoms with Crippen molar-refractivity contribution in [1.82, 2.24) is 15.3 Å². The zero-order chi connectivity index (χ0) is 11.6. The summed E-state index contributed by atoms with van der Waals surface area (Å²) in [5.41, 5.74) is 0. The van der Waals surface area contributed by atoms with Crippen molar-refractivity contribution in [3.8, 4) is 0 Å². The molecule has 1 aromatic heterocycles. The summed E-state index contributed by atoms with van der Waals surface area (Å²) in [7, 11) is 0. The second-order valence-electron chi connectivity index (χ2n) is 3.77. The van der Waals surface area contributed by atoms with Gasteiger partial charge in [-0.05, 0) is 26.8 Å². The number of thioether (sulfide) groups is 1. The highest BCUT2D eigenvalue weighted by atomic mass is 32.2. The molecule has 0 radical (unpaired) electrons. The normalized spacial score (nSPS) is 11.2. The lowest BCUT2D eigenvalue weighted by atomic mass is 10.4. The fourth-order valence-corrected chi connectivity index (χ4v) is 1.92. The van der Waals surface area contributed by atoms with Crippen LogP contribution in [0.1, 0.15) is 20.3 Å². The maximum atomic E-state index is 5.45. The Bertz CT molecular complexity index is 252. The van der Waals surface area contributed by atoms with E-state index in [0.29, 0.717) is 6.10 Å². The predicted octanol–water partition coefficient (Wildman–Crippen LogP) is 1.91. The highest BCUT2D eigenvalue weighted by Gasteiger charge is 1.95. The highest BCUT2D eigenvalue weighted by molar-refractivity contribution is 7.99. The lowest BCUT2D eigenvalue weighted by molar-refractivity contribution is 0.0772. The molecule has 5 heteroatoms. The van der Waals surface area contributed by atoms with Crippen LogP contribution in [0.4, 0.5) is 0 Å². The van der Waals surface area contributed by atoms with Crippen LogP contribution < -0.4 is 5.32 Å². The van der Waals surface area contributed by atoms with Gasteiger partial charge in [0.2, 0.25) is 0 Å². The van der Waals surface area contributed by atoms with Crippen molar-refractivity contribution >= 4 is 11.8 Å². The van der Waals surface area contributed by atoms with Crippen molar-refractivity contribution in [1.29, 1.82) is 0 Å². The molecule has 0 aliphatic carbocycles. The molecular formula is C11H21N3OS. The van der Waals surface area contributed by atoms with Crippen LogP contribution in [0.15, 0.2) is 17.6 Å². The molecule has 0 saturated carbocycles. The standard InChI is InChI=1S/C11H21N3OS/c1-10(2)15-8-3-4-12-7-9-16-11-13-5-6-14-11/h5-6,10,12H,3-4,7-9H2,1-2H3,(H,13,14). The summed E-state index contributed by atoms with van der Waals surface area (Å²) in [5.74, 6) is 1.04. The molecule has 4 nitrogen and oxygen atoms in total. The van der Waals surface area contributed by atoms with Crippen LogP contribution in [0.25, 0.3) is 0 Å². The number of imidazole rings is 1. The zero-order valence-electron chi connectivity index (χ0n) is 10.0. The molecule has 0 spiro atoms. The van der Waals surface area contributed by atoms with Gasteiger partial charge in [-0.15, -0.1) is 0 Å². The molecule has 0 bridgehead atoms. The first kappa shape index (κ1) is 13.5. The molecule has 2 N–H and O–H groups in total. The number of hydrogen-bond donors (Lipinski definition) is 2. The number of ether oxygens (including phenoxy) is 1. The molecule has 92 valence electrons. The van der Waals surface area contributed by atoms with Crippen molar-refractivity contribution in [3.63, 3.8) is 0 Å². The van der Waals surface area contributed by atoms with E-state index in [1.54, 1.807) is 18.0 Å². The minimum atomic E-state index is 0.342. The third-order valence-corrected chi connectivity index (χ3v) is 2.84. The van der Waals surface area contributed by atoms with E-state index in [1.807, 2.05) is 6.20 Å². The number of rotatable bonds is 9. The highest BCUT2D eigenvalue weighted by Crippen LogP contribution is 2.09. The Morgan fingerprint density at radius 2 is 2.38 bits per heavy atom. The van der Waals surface area contributed by atoms with E-state index in [1.165, 1.54) is 0 Å². The summed E-state index contributed by atoms with van der Waals surface area (Å²) in [4.78, 5) is 7.21. The summed E-state index contributed by atoms with van der Waals surface area (Å²) in [6.45, 7) is 7.00. The van der Waals surface area contributed by atoms with Gasteiger partial charge in [0, 0.05) is 31.3 Å². The first-order valence-electron chi connectivity index (χ1n) is 5.73. The molecular weight excluding hydrogens is 222 g/mol. The topological polar surface area (TPSA) is 49.9 Å². The van der Waals surface area contributed by atoms with Crippen LogP contribution in [0.3, 0.4) is 0 Å². The fraction of sp³-hybridized carbons (Fsp3) is 0.727. The van der Waals surface area contributed by atoms with E-state index < -0.39 is 0 Å². The minimum Gasteiger partial charge on any atom is -0.379 e. The Morgan fingerprint density at radius 1 is 1.50 bits per heavy atom. The van der Waals surface area contributed by atoms with Crippen LogP contribution in [0.2, 0.25) is 0 Å². The van der Waals surface area contributed by atoms with Crippen LogP contribution in [-0.2, 0) is 4.74 Å². The van der Waals surface area contributed by atoms with Gasteiger partial charge < -0.3 is 15.0 Å². The monoisotopic (exact) mass is 243 g/mol. The molecule has 0 fully saturated rings. The van der Waals surface area contributed by atoms with Crippen LogP contribution in [0, 0.1) is 0 Å². The second-order valence-corrected chi connectivity index (χ2v) is 4.85. The van der Waals surface area contributed by atoms with Crippen molar-refractivity contribution < 1.29 is 4.74 Å². The molecule has 0 saturated heterocycles. The van der Waals surface area contributed by atoms with Gasteiger partial charge >= 0.3 is 0 Å². The van der Waals surface area contributed by atoms with Crippen molar-refractivity contribution in [3.05, 3.63) is 12.4 Å². The summed E-state index contributed by atoms with van der Waals surface area (Å²) in [6.07, 6.45) is 5.04. The number of aromatic amines is 1. The maximum absolute atomic E-state index is 5.45. The van der Waals surface area contributed by atoms with Gasteiger partial charge in [-0.1, -0.05) is 11.8 Å². The first-order chi connectivity index (χ1) is 7.79. The summed E-state index contributed by atoms with van der Waals surface area (Å²) >= 11 is 1.74. The van der Waals surface area contributed by atoms with Gasteiger partial charge in [-0.3, -0.25) is 0 Å². The van der Waals surface area contributed by atoms with Gasteiger partial charge in [0.1, 0.15) is 0 Å². The molecule has 0 unspecified atom stereocenters. The van der Waals surface area contributed by atoms with E-state index in [0.717, 1.165) is 37.0 Å².